The Morgan fingerprint density at radius 2 is 2.14 bits per heavy atom. The van der Waals surface area contributed by atoms with Crippen LogP contribution in [0.15, 0.2) is 47.0 Å². The van der Waals surface area contributed by atoms with Gasteiger partial charge >= 0.3 is 92.3 Å². The topological polar surface area (TPSA) is 0 Å². The van der Waals surface area contributed by atoms with Gasteiger partial charge in [-0.3, -0.25) is 0 Å². The fourth-order valence-corrected chi connectivity index (χ4v) is 5.92. The van der Waals surface area contributed by atoms with Gasteiger partial charge in [-0.15, -0.1) is 0 Å². The molecule has 2 aliphatic rings. The Labute approximate surface area is 92.3 Å². The minimum atomic E-state index is 0.557. The summed E-state index contributed by atoms with van der Waals surface area (Å²) >= 11 is 0.557. The van der Waals surface area contributed by atoms with E-state index in [2.05, 4.69) is 42.5 Å². The zero-order valence-electron chi connectivity index (χ0n) is 7.66. The molecule has 1 aliphatic heterocycles. The Kier molecular flexibility index (Phi) is 2.13. The first kappa shape index (κ1) is 8.60. The van der Waals surface area contributed by atoms with Crippen molar-refractivity contribution in [1.82, 2.24) is 0 Å². The molecule has 0 amide bonds. The quantitative estimate of drug-likeness (QED) is 0.591. The summed E-state index contributed by atoms with van der Waals surface area (Å²) in [4.78, 5) is 0. The molecule has 67 valence electrons. The second-order valence-corrected chi connectivity index (χ2v) is 7.03. The van der Waals surface area contributed by atoms with E-state index in [1.165, 1.54) is 6.42 Å². The Balaban J connectivity index is 2.15. The normalized spacial score (nSPS) is 18.0. The number of hydrogen-bond donors (Lipinski definition) is 0. The molecular weight excluding hydrogens is 251 g/mol. The zero-order valence-corrected chi connectivity index (χ0v) is 10.4. The van der Waals surface area contributed by atoms with Gasteiger partial charge in [0.25, 0.3) is 0 Å². The third-order valence-corrected chi connectivity index (χ3v) is 7.16. The number of benzene rings is 1. The van der Waals surface area contributed by atoms with Crippen LogP contribution >= 0.6 is 0 Å². The molecule has 3 rings (SSSR count). The predicted molar refractivity (Wildman–Crippen MR) is 64.1 cm³/mol. The number of hydrogen-bond acceptors (Lipinski definition) is 0. The van der Waals surface area contributed by atoms with Crippen LogP contribution in [0.5, 0.6) is 0 Å². The molecule has 1 radical (unpaired) electrons. The molecule has 0 saturated carbocycles. The van der Waals surface area contributed by atoms with E-state index in [4.69, 9.17) is 0 Å². The van der Waals surface area contributed by atoms with E-state index in [0.29, 0.717) is 15.0 Å². The van der Waals surface area contributed by atoms with Gasteiger partial charge in [-0.25, -0.2) is 0 Å². The molecule has 0 unspecified atom stereocenters. The Bertz CT molecular complexity index is 469. The summed E-state index contributed by atoms with van der Waals surface area (Å²) < 4.78 is 3.21. The van der Waals surface area contributed by atoms with Gasteiger partial charge in [-0.05, 0) is 0 Å². The van der Waals surface area contributed by atoms with Crippen LogP contribution in [0.1, 0.15) is 6.42 Å². The zero-order chi connectivity index (χ0) is 9.38. The van der Waals surface area contributed by atoms with Gasteiger partial charge in [-0.2, -0.15) is 0 Å². The molecule has 0 spiro atoms. The van der Waals surface area contributed by atoms with Crippen LogP contribution in [-0.4, -0.2) is 29.3 Å². The molecule has 0 fully saturated rings. The van der Waals surface area contributed by atoms with Crippen molar-refractivity contribution in [2.45, 2.75) is 6.42 Å². The van der Waals surface area contributed by atoms with E-state index < -0.39 is 0 Å². The van der Waals surface area contributed by atoms with Crippen LogP contribution < -0.4 is 9.65 Å². The third-order valence-electron chi connectivity index (χ3n) is 2.40. The van der Waals surface area contributed by atoms with Crippen molar-refractivity contribution in [2.24, 2.45) is 0 Å². The van der Waals surface area contributed by atoms with Crippen molar-refractivity contribution in [1.29, 1.82) is 0 Å². The Morgan fingerprint density at radius 3 is 3.14 bits per heavy atom. The standard InChI is InChI=1S/C12H9SeSi/c1-3-7-11-9(5-1)13-10-6-2-4-8-12(10)14-11/h1-7H,8H2. The maximum atomic E-state index is 2.31. The first-order valence-electron chi connectivity index (χ1n) is 4.70. The van der Waals surface area contributed by atoms with E-state index in [1.54, 1.807) is 19.3 Å². The molecule has 14 heavy (non-hydrogen) atoms. The molecular formula is C12H9SeSi. The van der Waals surface area contributed by atoms with Crippen LogP contribution in [0.2, 0.25) is 0 Å². The third kappa shape index (κ3) is 1.40. The molecule has 0 nitrogen and oxygen atoms in total. The molecule has 1 aliphatic carbocycles. The molecule has 0 aromatic heterocycles. The summed E-state index contributed by atoms with van der Waals surface area (Å²) in [6.07, 6.45) is 7.97. The van der Waals surface area contributed by atoms with Crippen LogP contribution in [0.25, 0.3) is 0 Å². The first-order chi connectivity index (χ1) is 6.93. The molecule has 0 N–H and O–H groups in total. The van der Waals surface area contributed by atoms with E-state index in [-0.39, 0.29) is 0 Å². The minimum absolute atomic E-state index is 0.557. The second-order valence-electron chi connectivity index (χ2n) is 3.36. The first-order valence-corrected chi connectivity index (χ1v) is 7.42. The predicted octanol–water partition coefficient (Wildman–Crippen LogP) is 0.375. The van der Waals surface area contributed by atoms with E-state index >= 15 is 0 Å². The second kappa shape index (κ2) is 3.47. The maximum absolute atomic E-state index is 2.31. The van der Waals surface area contributed by atoms with Crippen molar-refractivity contribution >= 4 is 38.9 Å². The SMILES string of the molecule is C1=CCC2=[Si]c3ccccc3[Se]C2=C1. The van der Waals surface area contributed by atoms with Gasteiger partial charge in [0.2, 0.25) is 0 Å². The molecule has 2 heteroatoms. The van der Waals surface area contributed by atoms with Crippen molar-refractivity contribution < 1.29 is 0 Å². The summed E-state index contributed by atoms with van der Waals surface area (Å²) in [5, 5.41) is 3.25. The Morgan fingerprint density at radius 1 is 1.21 bits per heavy atom. The summed E-state index contributed by atoms with van der Waals surface area (Å²) in [6, 6.07) is 8.90. The number of fused-ring (bicyclic) bond motifs is 2. The van der Waals surface area contributed by atoms with Gasteiger partial charge in [-0.1, -0.05) is 0 Å². The summed E-state index contributed by atoms with van der Waals surface area (Å²) in [5.74, 6) is 0. The molecule has 1 heterocycles. The van der Waals surface area contributed by atoms with E-state index in [0.717, 1.165) is 9.13 Å². The summed E-state index contributed by atoms with van der Waals surface area (Å²) in [6.45, 7) is 0. The van der Waals surface area contributed by atoms with Gasteiger partial charge in [0.1, 0.15) is 0 Å². The average Bonchev–Trinajstić information content (AvgIpc) is 2.26. The number of rotatable bonds is 0. The molecule has 1 aromatic carbocycles. The van der Waals surface area contributed by atoms with Crippen LogP contribution in [0.3, 0.4) is 0 Å². The van der Waals surface area contributed by atoms with Crippen molar-refractivity contribution in [3.8, 4) is 0 Å². The van der Waals surface area contributed by atoms with Gasteiger partial charge in [0.05, 0.1) is 0 Å². The van der Waals surface area contributed by atoms with E-state index in [9.17, 15) is 0 Å². The van der Waals surface area contributed by atoms with Crippen molar-refractivity contribution in [2.75, 3.05) is 0 Å². The monoisotopic (exact) mass is 261 g/mol. The molecule has 0 atom stereocenters. The van der Waals surface area contributed by atoms with Crippen LogP contribution in [-0.2, 0) is 0 Å². The fourth-order valence-electron chi connectivity index (χ4n) is 1.69. The molecule has 0 bridgehead atoms. The van der Waals surface area contributed by atoms with Gasteiger partial charge < -0.3 is 0 Å². The van der Waals surface area contributed by atoms with Gasteiger partial charge in [0.15, 0.2) is 0 Å². The number of allylic oxidation sites excluding steroid dienone is 4. The van der Waals surface area contributed by atoms with Crippen molar-refractivity contribution in [3.05, 3.63) is 47.0 Å². The summed E-state index contributed by atoms with van der Waals surface area (Å²) in [7, 11) is 0.915. The average molecular weight is 260 g/mol. The van der Waals surface area contributed by atoms with Crippen LogP contribution in [0, 0.1) is 0 Å². The van der Waals surface area contributed by atoms with Gasteiger partial charge in [0, 0.05) is 0 Å². The molecule has 0 saturated heterocycles. The Hall–Kier alpha value is -0.694. The van der Waals surface area contributed by atoms with E-state index in [1.807, 2.05) is 0 Å². The molecule has 1 aromatic rings. The van der Waals surface area contributed by atoms with Crippen LogP contribution in [0.4, 0.5) is 0 Å². The summed E-state index contributed by atoms with van der Waals surface area (Å²) in [5.41, 5.74) is 0. The van der Waals surface area contributed by atoms with Crippen molar-refractivity contribution in [3.63, 3.8) is 0 Å². The fraction of sp³-hybridized carbons (Fsp3) is 0.0833.